The Bertz CT molecular complexity index is 183. The largest absolute Gasteiger partial charge is 0.381 e. The van der Waals surface area contributed by atoms with E-state index in [4.69, 9.17) is 4.74 Å². The molecule has 0 amide bonds. The van der Waals surface area contributed by atoms with Crippen LogP contribution in [0.4, 0.5) is 0 Å². The quantitative estimate of drug-likeness (QED) is 0.192. The van der Waals surface area contributed by atoms with E-state index >= 15 is 0 Å². The van der Waals surface area contributed by atoms with Gasteiger partial charge >= 0.3 is 0 Å². The first kappa shape index (κ1) is 23.9. The zero-order valence-corrected chi connectivity index (χ0v) is 17.0. The first-order chi connectivity index (χ1) is 11.9. The smallest absolute Gasteiger partial charge is 0.0701 e. The van der Waals surface area contributed by atoms with Gasteiger partial charge in [-0.25, -0.2) is 0 Å². The van der Waals surface area contributed by atoms with Crippen LogP contribution in [0.15, 0.2) is 0 Å². The summed E-state index contributed by atoms with van der Waals surface area (Å²) in [5, 5.41) is 0. The van der Waals surface area contributed by atoms with Gasteiger partial charge in [0.25, 0.3) is 0 Å². The molecule has 146 valence electrons. The summed E-state index contributed by atoms with van der Waals surface area (Å²) in [4.78, 5) is 0. The van der Waals surface area contributed by atoms with Gasteiger partial charge in [-0.3, -0.25) is 0 Å². The Morgan fingerprint density at radius 2 is 0.792 bits per heavy atom. The summed E-state index contributed by atoms with van der Waals surface area (Å²) in [6.07, 6.45) is 22.2. The van der Waals surface area contributed by atoms with E-state index in [1.807, 2.05) is 0 Å². The molecule has 1 aliphatic rings. The Morgan fingerprint density at radius 1 is 0.500 bits per heavy atom. The van der Waals surface area contributed by atoms with Crippen LogP contribution < -0.4 is 0 Å². The number of ether oxygens (including phenoxy) is 2. The molecule has 0 spiro atoms. The Hall–Kier alpha value is -0.0800. The van der Waals surface area contributed by atoms with Crippen molar-refractivity contribution in [3.8, 4) is 0 Å². The third-order valence-electron chi connectivity index (χ3n) is 4.49. The minimum atomic E-state index is 0.992. The maximum Gasteiger partial charge on any atom is 0.0701 e. The molecule has 1 aliphatic heterocycles. The van der Waals surface area contributed by atoms with E-state index in [1.165, 1.54) is 103 Å². The van der Waals surface area contributed by atoms with Crippen LogP contribution in [-0.4, -0.2) is 26.4 Å². The van der Waals surface area contributed by atoms with Crippen LogP contribution in [0.1, 0.15) is 117 Å². The molecule has 0 aromatic heterocycles. The summed E-state index contributed by atoms with van der Waals surface area (Å²) < 4.78 is 10.2. The van der Waals surface area contributed by atoms with E-state index in [-0.39, 0.29) is 0 Å². The standard InChI is InChI=1S/C20H42O.C2H4O/c1-3-5-7-9-11-13-15-17-19-21-20-18-16-14-12-10-8-6-4-2;1-2-3-1/h3-20H2,1-2H3;1-2H2. The Balaban J connectivity index is 0.00000157. The molecule has 1 fully saturated rings. The van der Waals surface area contributed by atoms with Crippen molar-refractivity contribution in [1.82, 2.24) is 0 Å². The lowest BCUT2D eigenvalue weighted by Crippen LogP contribution is -1.97. The Labute approximate surface area is 153 Å². The summed E-state index contributed by atoms with van der Waals surface area (Å²) in [5.74, 6) is 0. The first-order valence-corrected chi connectivity index (χ1v) is 11.1. The van der Waals surface area contributed by atoms with Crippen LogP contribution >= 0.6 is 0 Å². The van der Waals surface area contributed by atoms with Crippen molar-refractivity contribution < 1.29 is 9.47 Å². The number of hydrogen-bond acceptors (Lipinski definition) is 2. The van der Waals surface area contributed by atoms with Gasteiger partial charge in [0.15, 0.2) is 0 Å². The average Bonchev–Trinajstić information content (AvgIpc) is 3.47. The van der Waals surface area contributed by atoms with Crippen LogP contribution in [0.3, 0.4) is 0 Å². The molecule has 1 saturated heterocycles. The Kier molecular flexibility index (Phi) is 22.8. The fourth-order valence-electron chi connectivity index (χ4n) is 2.78. The molecular weight excluding hydrogens is 296 g/mol. The SMILES string of the molecule is C1CO1.CCCCCCCCCCOCCCCCCCCCC. The molecule has 0 unspecified atom stereocenters. The Morgan fingerprint density at radius 3 is 1.08 bits per heavy atom. The zero-order valence-electron chi connectivity index (χ0n) is 17.0. The van der Waals surface area contributed by atoms with Crippen LogP contribution in [0.5, 0.6) is 0 Å². The molecule has 1 rings (SSSR count). The third kappa shape index (κ3) is 26.8. The highest BCUT2D eigenvalue weighted by molar-refractivity contribution is 4.47. The third-order valence-corrected chi connectivity index (χ3v) is 4.49. The van der Waals surface area contributed by atoms with Gasteiger partial charge < -0.3 is 9.47 Å². The number of hydrogen-bond donors (Lipinski definition) is 0. The lowest BCUT2D eigenvalue weighted by Gasteiger charge is -2.05. The molecule has 2 heteroatoms. The van der Waals surface area contributed by atoms with Gasteiger partial charge in [-0.05, 0) is 12.8 Å². The molecule has 0 bridgehead atoms. The average molecular weight is 343 g/mol. The highest BCUT2D eigenvalue weighted by atomic mass is 16.6. The van der Waals surface area contributed by atoms with Gasteiger partial charge in [-0.1, -0.05) is 104 Å². The van der Waals surface area contributed by atoms with E-state index in [1.54, 1.807) is 0 Å². The summed E-state index contributed by atoms with van der Waals surface area (Å²) in [6.45, 7) is 8.55. The molecule has 0 aliphatic carbocycles. The van der Waals surface area contributed by atoms with Gasteiger partial charge in [0.1, 0.15) is 0 Å². The topological polar surface area (TPSA) is 21.8 Å². The van der Waals surface area contributed by atoms with Crippen molar-refractivity contribution in [2.45, 2.75) is 117 Å². The van der Waals surface area contributed by atoms with Crippen LogP contribution in [-0.2, 0) is 9.47 Å². The molecule has 0 aromatic rings. The van der Waals surface area contributed by atoms with E-state index in [0.29, 0.717) is 0 Å². The minimum Gasteiger partial charge on any atom is -0.381 e. The van der Waals surface area contributed by atoms with Gasteiger partial charge in [-0.15, -0.1) is 0 Å². The van der Waals surface area contributed by atoms with Crippen molar-refractivity contribution in [2.75, 3.05) is 26.4 Å². The van der Waals surface area contributed by atoms with Crippen LogP contribution in [0.25, 0.3) is 0 Å². The van der Waals surface area contributed by atoms with E-state index < -0.39 is 0 Å². The summed E-state index contributed by atoms with van der Waals surface area (Å²) in [5.41, 5.74) is 0. The van der Waals surface area contributed by atoms with Gasteiger partial charge in [0.05, 0.1) is 13.2 Å². The van der Waals surface area contributed by atoms with Crippen molar-refractivity contribution >= 4 is 0 Å². The van der Waals surface area contributed by atoms with Gasteiger partial charge in [-0.2, -0.15) is 0 Å². The highest BCUT2D eigenvalue weighted by Crippen LogP contribution is 2.10. The maximum absolute atomic E-state index is 5.72. The van der Waals surface area contributed by atoms with Gasteiger partial charge in [0, 0.05) is 13.2 Å². The van der Waals surface area contributed by atoms with Gasteiger partial charge in [0.2, 0.25) is 0 Å². The molecule has 0 atom stereocenters. The second kappa shape index (κ2) is 22.9. The lowest BCUT2D eigenvalue weighted by molar-refractivity contribution is 0.125. The van der Waals surface area contributed by atoms with E-state index in [9.17, 15) is 0 Å². The van der Waals surface area contributed by atoms with Crippen molar-refractivity contribution in [3.63, 3.8) is 0 Å². The molecule has 2 nitrogen and oxygen atoms in total. The van der Waals surface area contributed by atoms with Crippen molar-refractivity contribution in [1.29, 1.82) is 0 Å². The summed E-state index contributed by atoms with van der Waals surface area (Å²) in [7, 11) is 0. The second-order valence-electron chi connectivity index (χ2n) is 7.17. The number of rotatable bonds is 18. The molecule has 0 radical (unpaired) electrons. The van der Waals surface area contributed by atoms with Crippen molar-refractivity contribution in [2.24, 2.45) is 0 Å². The number of epoxide rings is 1. The minimum absolute atomic E-state index is 0.992. The molecule has 1 heterocycles. The van der Waals surface area contributed by atoms with Crippen LogP contribution in [0, 0.1) is 0 Å². The predicted octanol–water partition coefficient (Wildman–Crippen LogP) is 7.30. The molecule has 0 aromatic carbocycles. The van der Waals surface area contributed by atoms with E-state index in [0.717, 1.165) is 26.4 Å². The van der Waals surface area contributed by atoms with Crippen molar-refractivity contribution in [3.05, 3.63) is 0 Å². The highest BCUT2D eigenvalue weighted by Gasteiger charge is 1.94. The fourth-order valence-corrected chi connectivity index (χ4v) is 2.78. The first-order valence-electron chi connectivity index (χ1n) is 11.1. The predicted molar refractivity (Wildman–Crippen MR) is 107 cm³/mol. The molecule has 24 heavy (non-hydrogen) atoms. The zero-order chi connectivity index (χ0) is 17.6. The lowest BCUT2D eigenvalue weighted by atomic mass is 10.1. The second-order valence-corrected chi connectivity index (χ2v) is 7.17. The summed E-state index contributed by atoms with van der Waals surface area (Å²) >= 11 is 0. The fraction of sp³-hybridized carbons (Fsp3) is 1.00. The number of unbranched alkanes of at least 4 members (excludes halogenated alkanes) is 14. The molecular formula is C22H46O2. The molecule has 0 saturated carbocycles. The maximum atomic E-state index is 5.72. The van der Waals surface area contributed by atoms with Crippen LogP contribution in [0.2, 0.25) is 0 Å². The normalized spacial score (nSPS) is 12.8. The summed E-state index contributed by atoms with van der Waals surface area (Å²) in [6, 6.07) is 0. The molecule has 0 N–H and O–H groups in total. The monoisotopic (exact) mass is 342 g/mol. The van der Waals surface area contributed by atoms with E-state index in [2.05, 4.69) is 18.6 Å².